The maximum atomic E-state index is 3.53. The van der Waals surface area contributed by atoms with E-state index >= 15 is 0 Å². The molecule has 3 atom stereocenters. The molecule has 0 amide bonds. The molecule has 1 aliphatic heterocycles. The molecular formula is C15H30N2. The predicted molar refractivity (Wildman–Crippen MR) is 74.2 cm³/mol. The number of nitrogens with zero attached hydrogens (tertiary/aromatic N) is 1. The average molecular weight is 238 g/mol. The van der Waals surface area contributed by atoms with Crippen molar-refractivity contribution in [3.05, 3.63) is 0 Å². The number of hydrogen-bond acceptors (Lipinski definition) is 2. The highest BCUT2D eigenvalue weighted by molar-refractivity contribution is 4.92. The zero-order chi connectivity index (χ0) is 12.5. The molecule has 2 nitrogen and oxygen atoms in total. The zero-order valence-electron chi connectivity index (χ0n) is 12.1. The van der Waals surface area contributed by atoms with Crippen molar-refractivity contribution in [2.45, 2.75) is 65.0 Å². The fourth-order valence-corrected chi connectivity index (χ4v) is 3.82. The SMILES string of the molecule is CNC(CN1CCCC2CCCC21)C(C)(C)C. The normalized spacial score (nSPS) is 32.5. The maximum absolute atomic E-state index is 3.53. The second kappa shape index (κ2) is 5.27. The van der Waals surface area contributed by atoms with Crippen molar-refractivity contribution in [2.75, 3.05) is 20.1 Å². The molecule has 100 valence electrons. The van der Waals surface area contributed by atoms with Gasteiger partial charge in [-0.05, 0) is 50.6 Å². The Hall–Kier alpha value is -0.0800. The lowest BCUT2D eigenvalue weighted by atomic mass is 9.84. The molecule has 3 unspecified atom stereocenters. The van der Waals surface area contributed by atoms with E-state index in [-0.39, 0.29) is 0 Å². The van der Waals surface area contributed by atoms with Gasteiger partial charge in [0.1, 0.15) is 0 Å². The molecule has 1 aliphatic carbocycles. The molecule has 2 aliphatic rings. The van der Waals surface area contributed by atoms with Gasteiger partial charge in [-0.15, -0.1) is 0 Å². The van der Waals surface area contributed by atoms with Crippen molar-refractivity contribution in [1.82, 2.24) is 10.2 Å². The van der Waals surface area contributed by atoms with E-state index in [1.807, 2.05) is 0 Å². The Morgan fingerprint density at radius 1 is 1.18 bits per heavy atom. The molecule has 0 aromatic heterocycles. The van der Waals surface area contributed by atoms with E-state index in [1.165, 1.54) is 45.2 Å². The van der Waals surface area contributed by atoms with Gasteiger partial charge in [0.05, 0.1) is 0 Å². The van der Waals surface area contributed by atoms with Crippen LogP contribution in [-0.4, -0.2) is 37.1 Å². The zero-order valence-corrected chi connectivity index (χ0v) is 12.1. The summed E-state index contributed by atoms with van der Waals surface area (Å²) in [5.74, 6) is 1.02. The summed E-state index contributed by atoms with van der Waals surface area (Å²) in [5.41, 5.74) is 0.361. The van der Waals surface area contributed by atoms with Crippen LogP contribution in [0, 0.1) is 11.3 Å². The minimum absolute atomic E-state index is 0.361. The molecule has 1 saturated carbocycles. The van der Waals surface area contributed by atoms with E-state index in [0.29, 0.717) is 11.5 Å². The van der Waals surface area contributed by atoms with Crippen molar-refractivity contribution in [3.63, 3.8) is 0 Å². The van der Waals surface area contributed by atoms with Crippen molar-refractivity contribution >= 4 is 0 Å². The van der Waals surface area contributed by atoms with Crippen molar-refractivity contribution in [1.29, 1.82) is 0 Å². The van der Waals surface area contributed by atoms with Gasteiger partial charge in [0.25, 0.3) is 0 Å². The third-order valence-corrected chi connectivity index (χ3v) is 4.92. The first-order valence-electron chi connectivity index (χ1n) is 7.43. The number of piperidine rings is 1. The molecular weight excluding hydrogens is 208 g/mol. The highest BCUT2D eigenvalue weighted by Crippen LogP contribution is 2.37. The van der Waals surface area contributed by atoms with Crippen LogP contribution in [0.15, 0.2) is 0 Å². The fourth-order valence-electron chi connectivity index (χ4n) is 3.82. The maximum Gasteiger partial charge on any atom is 0.0240 e. The largest absolute Gasteiger partial charge is 0.315 e. The molecule has 2 heteroatoms. The third kappa shape index (κ3) is 3.03. The Morgan fingerprint density at radius 3 is 2.53 bits per heavy atom. The van der Waals surface area contributed by atoms with Crippen LogP contribution in [-0.2, 0) is 0 Å². The quantitative estimate of drug-likeness (QED) is 0.813. The van der Waals surface area contributed by atoms with Gasteiger partial charge in [-0.25, -0.2) is 0 Å². The van der Waals surface area contributed by atoms with E-state index in [0.717, 1.165) is 12.0 Å². The first kappa shape index (κ1) is 13.4. The lowest BCUT2D eigenvalue weighted by molar-refractivity contribution is 0.0816. The summed E-state index contributed by atoms with van der Waals surface area (Å²) in [7, 11) is 2.12. The highest BCUT2D eigenvalue weighted by Gasteiger charge is 2.37. The average Bonchev–Trinajstić information content (AvgIpc) is 2.72. The summed E-state index contributed by atoms with van der Waals surface area (Å²) in [6, 6.07) is 1.52. The molecule has 0 radical (unpaired) electrons. The minimum Gasteiger partial charge on any atom is -0.315 e. The van der Waals surface area contributed by atoms with Crippen LogP contribution in [0.5, 0.6) is 0 Å². The highest BCUT2D eigenvalue weighted by atomic mass is 15.2. The minimum atomic E-state index is 0.361. The fraction of sp³-hybridized carbons (Fsp3) is 1.00. The number of hydrogen-bond donors (Lipinski definition) is 1. The smallest absolute Gasteiger partial charge is 0.0240 e. The third-order valence-electron chi connectivity index (χ3n) is 4.92. The van der Waals surface area contributed by atoms with E-state index in [1.54, 1.807) is 0 Å². The summed E-state index contributed by atoms with van der Waals surface area (Å²) in [4.78, 5) is 2.79. The number of likely N-dealkylation sites (N-methyl/N-ethyl adjacent to an activating group) is 1. The molecule has 1 heterocycles. The lowest BCUT2D eigenvalue weighted by Crippen LogP contribution is -2.52. The van der Waals surface area contributed by atoms with Gasteiger partial charge in [0, 0.05) is 18.6 Å². The second-order valence-corrected chi connectivity index (χ2v) is 7.10. The monoisotopic (exact) mass is 238 g/mol. The molecule has 0 aromatic carbocycles. The van der Waals surface area contributed by atoms with E-state index in [9.17, 15) is 0 Å². The van der Waals surface area contributed by atoms with Crippen LogP contribution in [0.4, 0.5) is 0 Å². The van der Waals surface area contributed by atoms with E-state index in [2.05, 4.69) is 38.0 Å². The second-order valence-electron chi connectivity index (χ2n) is 7.10. The van der Waals surface area contributed by atoms with Gasteiger partial charge >= 0.3 is 0 Å². The number of rotatable bonds is 3. The Bertz CT molecular complexity index is 244. The van der Waals surface area contributed by atoms with Gasteiger partial charge < -0.3 is 5.32 Å². The van der Waals surface area contributed by atoms with Crippen LogP contribution in [0.2, 0.25) is 0 Å². The molecule has 17 heavy (non-hydrogen) atoms. The lowest BCUT2D eigenvalue weighted by Gasteiger charge is -2.42. The Balaban J connectivity index is 1.97. The van der Waals surface area contributed by atoms with Crippen LogP contribution >= 0.6 is 0 Å². The van der Waals surface area contributed by atoms with Crippen LogP contribution in [0.1, 0.15) is 52.9 Å². The molecule has 1 N–H and O–H groups in total. The Kier molecular flexibility index (Phi) is 4.14. The van der Waals surface area contributed by atoms with Gasteiger partial charge in [-0.1, -0.05) is 27.2 Å². The van der Waals surface area contributed by atoms with Crippen molar-refractivity contribution in [2.24, 2.45) is 11.3 Å². The van der Waals surface area contributed by atoms with Gasteiger partial charge in [0.2, 0.25) is 0 Å². The standard InChI is InChI=1S/C15H30N2/c1-15(2,3)14(16-4)11-17-10-6-8-12-7-5-9-13(12)17/h12-14,16H,5-11H2,1-4H3. The molecule has 1 saturated heterocycles. The number of fused-ring (bicyclic) bond motifs is 1. The summed E-state index contributed by atoms with van der Waals surface area (Å²) in [6.07, 6.45) is 7.31. The van der Waals surface area contributed by atoms with E-state index < -0.39 is 0 Å². The van der Waals surface area contributed by atoms with Gasteiger partial charge in [-0.2, -0.15) is 0 Å². The van der Waals surface area contributed by atoms with Crippen LogP contribution in [0.3, 0.4) is 0 Å². The molecule has 2 rings (SSSR count). The number of nitrogens with one attached hydrogen (secondary N) is 1. The van der Waals surface area contributed by atoms with Crippen LogP contribution in [0.25, 0.3) is 0 Å². The molecule has 2 fully saturated rings. The Morgan fingerprint density at radius 2 is 1.88 bits per heavy atom. The summed E-state index contributed by atoms with van der Waals surface area (Å²) in [5, 5.41) is 3.53. The summed E-state index contributed by atoms with van der Waals surface area (Å²) >= 11 is 0. The summed E-state index contributed by atoms with van der Waals surface area (Å²) in [6.45, 7) is 9.62. The summed E-state index contributed by atoms with van der Waals surface area (Å²) < 4.78 is 0. The molecule has 0 aromatic rings. The topological polar surface area (TPSA) is 15.3 Å². The van der Waals surface area contributed by atoms with E-state index in [4.69, 9.17) is 0 Å². The first-order chi connectivity index (χ1) is 8.02. The number of likely N-dealkylation sites (tertiary alicyclic amines) is 1. The van der Waals surface area contributed by atoms with Crippen LogP contribution < -0.4 is 5.32 Å². The van der Waals surface area contributed by atoms with Crippen molar-refractivity contribution in [3.8, 4) is 0 Å². The first-order valence-corrected chi connectivity index (χ1v) is 7.43. The van der Waals surface area contributed by atoms with Gasteiger partial charge in [-0.3, -0.25) is 4.90 Å². The predicted octanol–water partition coefficient (Wildman–Crippen LogP) is 2.89. The molecule has 0 spiro atoms. The Labute approximate surface area is 107 Å². The molecule has 0 bridgehead atoms. The van der Waals surface area contributed by atoms with Crippen molar-refractivity contribution < 1.29 is 0 Å². The van der Waals surface area contributed by atoms with Gasteiger partial charge in [0.15, 0.2) is 0 Å².